The number of rotatable bonds is 7. The van der Waals surface area contributed by atoms with Crippen molar-refractivity contribution in [1.82, 2.24) is 0 Å². The third-order valence-corrected chi connectivity index (χ3v) is 2.38. The second-order valence-electron chi connectivity index (χ2n) is 3.89. The van der Waals surface area contributed by atoms with Gasteiger partial charge in [0.05, 0.1) is 13.2 Å². The molecule has 0 aliphatic heterocycles. The van der Waals surface area contributed by atoms with Gasteiger partial charge in [0.2, 0.25) is 0 Å². The Balaban J connectivity index is 2.38. The Morgan fingerprint density at radius 3 is 2.76 bits per heavy atom. The summed E-state index contributed by atoms with van der Waals surface area (Å²) >= 11 is 0. The third kappa shape index (κ3) is 5.24. The number of aliphatic carboxylic acids is 1. The van der Waals surface area contributed by atoms with Gasteiger partial charge in [-0.3, -0.25) is 4.79 Å². The largest absolute Gasteiger partial charge is 0.497 e. The number of carboxylic acids is 1. The lowest BCUT2D eigenvalue weighted by molar-refractivity contribution is -0.137. The highest BCUT2D eigenvalue weighted by molar-refractivity contribution is 5.66. The minimum Gasteiger partial charge on any atom is -0.497 e. The fraction of sp³-hybridized carbons (Fsp3) is 0.462. The highest BCUT2D eigenvalue weighted by Crippen LogP contribution is 2.20. The van der Waals surface area contributed by atoms with E-state index < -0.39 is 5.97 Å². The predicted octanol–water partition coefficient (Wildman–Crippen LogP) is 2.72. The fourth-order valence-electron chi connectivity index (χ4n) is 1.51. The number of hydrogen-bond donors (Lipinski definition) is 1. The zero-order chi connectivity index (χ0) is 12.7. The normalized spacial score (nSPS) is 11.9. The molecule has 1 rings (SSSR count). The lowest BCUT2D eigenvalue weighted by atomic mass is 10.2. The highest BCUT2D eigenvalue weighted by Gasteiger charge is 2.06. The fourth-order valence-corrected chi connectivity index (χ4v) is 1.51. The molecule has 1 unspecified atom stereocenters. The lowest BCUT2D eigenvalue weighted by Gasteiger charge is -2.14. The van der Waals surface area contributed by atoms with Crippen LogP contribution in [0.4, 0.5) is 0 Å². The molecule has 17 heavy (non-hydrogen) atoms. The zero-order valence-corrected chi connectivity index (χ0v) is 10.2. The summed E-state index contributed by atoms with van der Waals surface area (Å²) in [5.41, 5.74) is 0. The summed E-state index contributed by atoms with van der Waals surface area (Å²) < 4.78 is 10.8. The molecule has 0 spiro atoms. The average molecular weight is 238 g/mol. The standard InChI is InChI=1S/C13H18O4/c1-10(5-3-8-13(14)15)17-12-7-4-6-11(9-12)16-2/h4,6-7,9-10H,3,5,8H2,1-2H3,(H,14,15). The van der Waals surface area contributed by atoms with Gasteiger partial charge in [0.25, 0.3) is 0 Å². The van der Waals surface area contributed by atoms with Crippen molar-refractivity contribution in [2.45, 2.75) is 32.3 Å². The number of carboxylic acid groups (broad SMARTS) is 1. The summed E-state index contributed by atoms with van der Waals surface area (Å²) in [6, 6.07) is 7.38. The Hall–Kier alpha value is -1.71. The van der Waals surface area contributed by atoms with Gasteiger partial charge in [-0.2, -0.15) is 0 Å². The van der Waals surface area contributed by atoms with E-state index in [0.29, 0.717) is 6.42 Å². The van der Waals surface area contributed by atoms with Crippen molar-refractivity contribution < 1.29 is 19.4 Å². The summed E-state index contributed by atoms with van der Waals surface area (Å²) in [6.45, 7) is 1.93. The van der Waals surface area contributed by atoms with Crippen LogP contribution in [0.1, 0.15) is 26.2 Å². The second-order valence-corrected chi connectivity index (χ2v) is 3.89. The Morgan fingerprint density at radius 2 is 2.12 bits per heavy atom. The quantitative estimate of drug-likeness (QED) is 0.793. The maximum absolute atomic E-state index is 10.4. The lowest BCUT2D eigenvalue weighted by Crippen LogP contribution is -2.12. The van der Waals surface area contributed by atoms with Gasteiger partial charge in [-0.25, -0.2) is 0 Å². The van der Waals surface area contributed by atoms with Gasteiger partial charge in [0, 0.05) is 12.5 Å². The van der Waals surface area contributed by atoms with E-state index in [1.807, 2.05) is 31.2 Å². The first-order valence-electron chi connectivity index (χ1n) is 5.64. The summed E-state index contributed by atoms with van der Waals surface area (Å²) in [4.78, 5) is 10.4. The van der Waals surface area contributed by atoms with Crippen LogP contribution < -0.4 is 9.47 Å². The molecule has 0 heterocycles. The minimum absolute atomic E-state index is 0.00135. The summed E-state index contributed by atoms with van der Waals surface area (Å²) in [5.74, 6) is 0.728. The molecule has 0 amide bonds. The Bertz CT molecular complexity index is 362. The maximum Gasteiger partial charge on any atom is 0.303 e. The van der Waals surface area contributed by atoms with Crippen LogP contribution >= 0.6 is 0 Å². The van der Waals surface area contributed by atoms with Crippen molar-refractivity contribution in [3.05, 3.63) is 24.3 Å². The van der Waals surface area contributed by atoms with Crippen LogP contribution in [0, 0.1) is 0 Å². The van der Waals surface area contributed by atoms with Crippen LogP contribution in [0.3, 0.4) is 0 Å². The predicted molar refractivity (Wildman–Crippen MR) is 64.6 cm³/mol. The number of ether oxygens (including phenoxy) is 2. The molecule has 0 radical (unpaired) electrons. The molecule has 1 aromatic carbocycles. The first-order valence-corrected chi connectivity index (χ1v) is 5.64. The number of carbonyl (C=O) groups is 1. The van der Waals surface area contributed by atoms with Crippen molar-refractivity contribution in [3.8, 4) is 11.5 Å². The van der Waals surface area contributed by atoms with Gasteiger partial charge in [0.1, 0.15) is 11.5 Å². The molecular formula is C13H18O4. The van der Waals surface area contributed by atoms with Crippen LogP contribution in [0.5, 0.6) is 11.5 Å². The molecule has 4 nitrogen and oxygen atoms in total. The van der Waals surface area contributed by atoms with E-state index in [1.54, 1.807) is 7.11 Å². The number of benzene rings is 1. The summed E-state index contributed by atoms with van der Waals surface area (Å²) in [7, 11) is 1.61. The molecule has 1 atom stereocenters. The van der Waals surface area contributed by atoms with Crippen LogP contribution in [0.2, 0.25) is 0 Å². The van der Waals surface area contributed by atoms with Crippen molar-refractivity contribution in [3.63, 3.8) is 0 Å². The van der Waals surface area contributed by atoms with Crippen LogP contribution in [0.15, 0.2) is 24.3 Å². The third-order valence-electron chi connectivity index (χ3n) is 2.38. The van der Waals surface area contributed by atoms with Gasteiger partial charge in [-0.05, 0) is 31.9 Å². The van der Waals surface area contributed by atoms with Crippen LogP contribution in [-0.2, 0) is 4.79 Å². The van der Waals surface area contributed by atoms with E-state index >= 15 is 0 Å². The van der Waals surface area contributed by atoms with E-state index in [-0.39, 0.29) is 12.5 Å². The second kappa shape index (κ2) is 6.78. The molecule has 1 N–H and O–H groups in total. The Kier molecular flexibility index (Phi) is 5.33. The number of hydrogen-bond acceptors (Lipinski definition) is 3. The van der Waals surface area contributed by atoms with E-state index in [0.717, 1.165) is 17.9 Å². The molecular weight excluding hydrogens is 220 g/mol. The molecule has 94 valence electrons. The Morgan fingerprint density at radius 1 is 1.41 bits per heavy atom. The zero-order valence-electron chi connectivity index (χ0n) is 10.2. The first kappa shape index (κ1) is 13.4. The highest BCUT2D eigenvalue weighted by atomic mass is 16.5. The maximum atomic E-state index is 10.4. The van der Waals surface area contributed by atoms with E-state index in [1.165, 1.54) is 0 Å². The summed E-state index contributed by atoms with van der Waals surface area (Å²) in [5, 5.41) is 8.53. The smallest absolute Gasteiger partial charge is 0.303 e. The molecule has 0 aliphatic carbocycles. The molecule has 0 fully saturated rings. The average Bonchev–Trinajstić information content (AvgIpc) is 2.28. The van der Waals surface area contributed by atoms with Crippen molar-refractivity contribution in [2.75, 3.05) is 7.11 Å². The van der Waals surface area contributed by atoms with Crippen molar-refractivity contribution in [1.29, 1.82) is 0 Å². The topological polar surface area (TPSA) is 55.8 Å². The number of methoxy groups -OCH3 is 1. The van der Waals surface area contributed by atoms with Gasteiger partial charge in [-0.15, -0.1) is 0 Å². The molecule has 0 saturated heterocycles. The van der Waals surface area contributed by atoms with Crippen molar-refractivity contribution in [2.24, 2.45) is 0 Å². The SMILES string of the molecule is COc1cccc(OC(C)CCCC(=O)O)c1. The van der Waals surface area contributed by atoms with E-state index in [2.05, 4.69) is 0 Å². The van der Waals surface area contributed by atoms with Crippen LogP contribution in [-0.4, -0.2) is 24.3 Å². The van der Waals surface area contributed by atoms with Crippen LogP contribution in [0.25, 0.3) is 0 Å². The first-order chi connectivity index (χ1) is 8.11. The summed E-state index contributed by atoms with van der Waals surface area (Å²) in [6.07, 6.45) is 1.54. The molecule has 0 aliphatic rings. The monoisotopic (exact) mass is 238 g/mol. The molecule has 0 bridgehead atoms. The van der Waals surface area contributed by atoms with E-state index in [9.17, 15) is 4.79 Å². The van der Waals surface area contributed by atoms with E-state index in [4.69, 9.17) is 14.6 Å². The van der Waals surface area contributed by atoms with Crippen molar-refractivity contribution >= 4 is 5.97 Å². The molecule has 0 aromatic heterocycles. The van der Waals surface area contributed by atoms with Gasteiger partial charge < -0.3 is 14.6 Å². The Labute approximate surface area is 101 Å². The van der Waals surface area contributed by atoms with Gasteiger partial charge in [-0.1, -0.05) is 6.07 Å². The molecule has 0 saturated carbocycles. The molecule has 4 heteroatoms. The van der Waals surface area contributed by atoms with Gasteiger partial charge in [0.15, 0.2) is 0 Å². The molecule has 1 aromatic rings. The minimum atomic E-state index is -0.765. The van der Waals surface area contributed by atoms with Gasteiger partial charge >= 0.3 is 5.97 Å².